The SMILES string of the molecule is CCCOc1ccc(N2C(=O)C[C@H](N3CCN(C(c4ccc(F)cc4)c4ccc(F)cc4)CC3)C2=O)cc1. The highest BCUT2D eigenvalue weighted by Crippen LogP contribution is 2.32. The van der Waals surface area contributed by atoms with Crippen LogP contribution in [0.5, 0.6) is 5.75 Å². The Morgan fingerprint density at radius 2 is 1.37 bits per heavy atom. The molecule has 8 heteroatoms. The zero-order valence-electron chi connectivity index (χ0n) is 21.4. The van der Waals surface area contributed by atoms with Gasteiger partial charge in [-0.3, -0.25) is 19.4 Å². The molecule has 0 saturated carbocycles. The van der Waals surface area contributed by atoms with Crippen LogP contribution in [0, 0.1) is 11.6 Å². The smallest absolute Gasteiger partial charge is 0.251 e. The van der Waals surface area contributed by atoms with Crippen LogP contribution < -0.4 is 9.64 Å². The second kappa shape index (κ2) is 11.4. The zero-order valence-corrected chi connectivity index (χ0v) is 21.4. The molecule has 198 valence electrons. The van der Waals surface area contributed by atoms with Crippen molar-refractivity contribution in [3.63, 3.8) is 0 Å². The summed E-state index contributed by atoms with van der Waals surface area (Å²) in [6, 6.07) is 19.1. The maximum Gasteiger partial charge on any atom is 0.251 e. The largest absolute Gasteiger partial charge is 0.494 e. The van der Waals surface area contributed by atoms with E-state index in [1.807, 2.05) is 6.92 Å². The molecule has 2 fully saturated rings. The summed E-state index contributed by atoms with van der Waals surface area (Å²) in [6.07, 6.45) is 1.04. The molecular weight excluding hydrogens is 488 g/mol. The Morgan fingerprint density at radius 3 is 1.89 bits per heavy atom. The van der Waals surface area contributed by atoms with E-state index in [4.69, 9.17) is 4.74 Å². The first kappa shape index (κ1) is 26.0. The van der Waals surface area contributed by atoms with Crippen LogP contribution in [0.15, 0.2) is 72.8 Å². The van der Waals surface area contributed by atoms with E-state index in [0.29, 0.717) is 44.2 Å². The van der Waals surface area contributed by atoms with Crippen LogP contribution in [0.1, 0.15) is 36.9 Å². The first-order valence-corrected chi connectivity index (χ1v) is 13.0. The third kappa shape index (κ3) is 5.47. The zero-order chi connectivity index (χ0) is 26.6. The summed E-state index contributed by atoms with van der Waals surface area (Å²) in [5, 5.41) is 0. The fraction of sp³-hybridized carbons (Fsp3) is 0.333. The average molecular weight is 520 g/mol. The highest BCUT2D eigenvalue weighted by Gasteiger charge is 2.43. The van der Waals surface area contributed by atoms with Crippen molar-refractivity contribution < 1.29 is 23.1 Å². The summed E-state index contributed by atoms with van der Waals surface area (Å²) in [6.45, 7) is 5.11. The summed E-state index contributed by atoms with van der Waals surface area (Å²) in [5.41, 5.74) is 2.38. The molecule has 6 nitrogen and oxygen atoms in total. The summed E-state index contributed by atoms with van der Waals surface area (Å²) < 4.78 is 32.9. The Labute approximate surface area is 221 Å². The molecule has 2 aliphatic rings. The maximum atomic E-state index is 13.6. The molecule has 0 N–H and O–H groups in total. The molecule has 1 atom stereocenters. The molecule has 2 aliphatic heterocycles. The Morgan fingerprint density at radius 1 is 0.816 bits per heavy atom. The molecule has 3 aromatic carbocycles. The van der Waals surface area contributed by atoms with Gasteiger partial charge in [0.15, 0.2) is 0 Å². The maximum absolute atomic E-state index is 13.6. The lowest BCUT2D eigenvalue weighted by Gasteiger charge is -2.41. The van der Waals surface area contributed by atoms with Crippen LogP contribution in [0.4, 0.5) is 14.5 Å². The number of nitrogens with zero attached hydrogens (tertiary/aromatic N) is 3. The molecule has 0 aliphatic carbocycles. The van der Waals surface area contributed by atoms with Gasteiger partial charge in [0.05, 0.1) is 30.8 Å². The van der Waals surface area contributed by atoms with Gasteiger partial charge < -0.3 is 4.74 Å². The van der Waals surface area contributed by atoms with Crippen LogP contribution in [-0.4, -0.2) is 60.4 Å². The number of benzene rings is 3. The molecule has 5 rings (SSSR count). The van der Waals surface area contributed by atoms with Gasteiger partial charge in [-0.2, -0.15) is 0 Å². The lowest BCUT2D eigenvalue weighted by molar-refractivity contribution is -0.123. The summed E-state index contributed by atoms with van der Waals surface area (Å²) in [7, 11) is 0. The van der Waals surface area contributed by atoms with Crippen LogP contribution in [-0.2, 0) is 9.59 Å². The van der Waals surface area contributed by atoms with E-state index in [0.717, 1.165) is 17.5 Å². The number of carbonyl (C=O) groups is 2. The lowest BCUT2D eigenvalue weighted by atomic mass is 9.96. The van der Waals surface area contributed by atoms with Gasteiger partial charge in [0.2, 0.25) is 5.91 Å². The third-order valence-corrected chi connectivity index (χ3v) is 7.22. The number of rotatable bonds is 8. The Hall–Kier alpha value is -3.62. The predicted octanol–water partition coefficient (Wildman–Crippen LogP) is 4.79. The Kier molecular flexibility index (Phi) is 7.81. The van der Waals surface area contributed by atoms with E-state index in [1.54, 1.807) is 48.5 Å². The van der Waals surface area contributed by atoms with Gasteiger partial charge in [-0.1, -0.05) is 31.2 Å². The minimum Gasteiger partial charge on any atom is -0.494 e. The summed E-state index contributed by atoms with van der Waals surface area (Å²) in [4.78, 5) is 31.8. The number of carbonyl (C=O) groups excluding carboxylic acids is 2. The molecule has 0 aromatic heterocycles. The number of imide groups is 1. The molecule has 2 heterocycles. The van der Waals surface area contributed by atoms with Crippen molar-refractivity contribution >= 4 is 17.5 Å². The number of piperazine rings is 1. The summed E-state index contributed by atoms with van der Waals surface area (Å²) >= 11 is 0. The lowest BCUT2D eigenvalue weighted by Crippen LogP contribution is -2.53. The predicted molar refractivity (Wildman–Crippen MR) is 141 cm³/mol. The second-order valence-corrected chi connectivity index (χ2v) is 9.71. The number of anilines is 1. The first-order valence-electron chi connectivity index (χ1n) is 13.0. The minimum absolute atomic E-state index is 0.145. The van der Waals surface area contributed by atoms with E-state index in [9.17, 15) is 18.4 Å². The number of ether oxygens (including phenoxy) is 1. The van der Waals surface area contributed by atoms with Gasteiger partial charge in [0.1, 0.15) is 17.4 Å². The van der Waals surface area contributed by atoms with E-state index in [1.165, 1.54) is 29.2 Å². The molecule has 0 radical (unpaired) electrons. The summed E-state index contributed by atoms with van der Waals surface area (Å²) in [5.74, 6) is -0.333. The van der Waals surface area contributed by atoms with Crippen molar-refractivity contribution in [1.29, 1.82) is 0 Å². The molecule has 2 amide bonds. The van der Waals surface area contributed by atoms with Crippen molar-refractivity contribution in [1.82, 2.24) is 9.80 Å². The van der Waals surface area contributed by atoms with Crippen molar-refractivity contribution in [3.05, 3.63) is 95.6 Å². The number of halogens is 2. The van der Waals surface area contributed by atoms with Gasteiger partial charge in [0.25, 0.3) is 5.91 Å². The standard InChI is InChI=1S/C30H31F2N3O3/c1-2-19-38-26-13-11-25(12-14-26)35-28(36)20-27(30(35)37)33-15-17-34(18-16-33)29(21-3-7-23(31)8-4-21)22-5-9-24(32)10-6-22/h3-14,27,29H,2,15-20H2,1H3/t27-/m0/s1. The van der Waals surface area contributed by atoms with Gasteiger partial charge in [-0.05, 0) is 66.1 Å². The quantitative estimate of drug-likeness (QED) is 0.401. The monoisotopic (exact) mass is 519 g/mol. The fourth-order valence-electron chi connectivity index (χ4n) is 5.30. The second-order valence-electron chi connectivity index (χ2n) is 9.71. The van der Waals surface area contributed by atoms with E-state index in [-0.39, 0.29) is 35.9 Å². The first-order chi connectivity index (χ1) is 18.4. The number of hydrogen-bond donors (Lipinski definition) is 0. The number of amides is 2. The van der Waals surface area contributed by atoms with Crippen molar-refractivity contribution in [2.45, 2.75) is 31.8 Å². The molecule has 0 unspecified atom stereocenters. The van der Waals surface area contributed by atoms with Crippen LogP contribution >= 0.6 is 0 Å². The Bertz CT molecular complexity index is 1210. The van der Waals surface area contributed by atoms with E-state index < -0.39 is 6.04 Å². The molecule has 3 aromatic rings. The highest BCUT2D eigenvalue weighted by molar-refractivity contribution is 6.22. The van der Waals surface area contributed by atoms with Crippen molar-refractivity contribution in [2.75, 3.05) is 37.7 Å². The van der Waals surface area contributed by atoms with Gasteiger partial charge in [-0.15, -0.1) is 0 Å². The highest BCUT2D eigenvalue weighted by atomic mass is 19.1. The van der Waals surface area contributed by atoms with Gasteiger partial charge in [-0.25, -0.2) is 13.7 Å². The molecule has 0 bridgehead atoms. The minimum atomic E-state index is -0.504. The van der Waals surface area contributed by atoms with E-state index >= 15 is 0 Å². The third-order valence-electron chi connectivity index (χ3n) is 7.22. The topological polar surface area (TPSA) is 53.1 Å². The van der Waals surface area contributed by atoms with Gasteiger partial charge in [0, 0.05) is 26.2 Å². The molecular formula is C30H31F2N3O3. The normalized spacial score (nSPS) is 18.9. The van der Waals surface area contributed by atoms with Crippen LogP contribution in [0.2, 0.25) is 0 Å². The molecule has 0 spiro atoms. The van der Waals surface area contributed by atoms with Crippen LogP contribution in [0.3, 0.4) is 0 Å². The Balaban J connectivity index is 1.28. The van der Waals surface area contributed by atoms with Crippen molar-refractivity contribution in [3.8, 4) is 5.75 Å². The van der Waals surface area contributed by atoms with E-state index in [2.05, 4.69) is 9.80 Å². The average Bonchev–Trinajstić information content (AvgIpc) is 3.24. The molecule has 38 heavy (non-hydrogen) atoms. The van der Waals surface area contributed by atoms with Gasteiger partial charge >= 0.3 is 0 Å². The fourth-order valence-corrected chi connectivity index (χ4v) is 5.30. The van der Waals surface area contributed by atoms with Crippen molar-refractivity contribution in [2.24, 2.45) is 0 Å². The molecule has 2 saturated heterocycles. The number of hydrogen-bond acceptors (Lipinski definition) is 5. The van der Waals surface area contributed by atoms with Crippen LogP contribution in [0.25, 0.3) is 0 Å².